The van der Waals surface area contributed by atoms with Crippen LogP contribution in [-0.2, 0) is 0 Å². The van der Waals surface area contributed by atoms with Gasteiger partial charge in [-0.05, 0) is 81.2 Å². The standard InChI is InChI=1S/C58H48F4N2Si2/c1-65(2,3)43-25-17-37(18-26-43)47-33-55(51(61)35-49(47)59)63(41-13-9-7-10-14-41)53-31-23-39-22-30-46-54(32-24-40-21-29-45(53)57(39)58(40)46)64(42-15-11-8-12-16-42)56-34-48(50(60)36-52(56)62)38-19-27-44(28-20-38)66(4,5)6/h7-36H,1-6H3. The molecule has 10 aromatic rings. The molecular formula is C58H48F4N2Si2. The number of anilines is 6. The quantitative estimate of drug-likeness (QED) is 0.0766. The molecule has 8 heteroatoms. The van der Waals surface area contributed by atoms with Crippen LogP contribution in [0.5, 0.6) is 0 Å². The van der Waals surface area contributed by atoms with Crippen molar-refractivity contribution in [2.45, 2.75) is 39.3 Å². The molecule has 0 saturated heterocycles. The molecular weight excluding hydrogens is 857 g/mol. The average Bonchev–Trinajstić information content (AvgIpc) is 3.30. The molecule has 2 nitrogen and oxygen atoms in total. The predicted octanol–water partition coefficient (Wildman–Crippen LogP) is 16.5. The van der Waals surface area contributed by atoms with Crippen LogP contribution < -0.4 is 20.2 Å². The van der Waals surface area contributed by atoms with Gasteiger partial charge >= 0.3 is 0 Å². The van der Waals surface area contributed by atoms with E-state index in [9.17, 15) is 0 Å². The first-order chi connectivity index (χ1) is 31.7. The monoisotopic (exact) mass is 904 g/mol. The lowest BCUT2D eigenvalue weighted by molar-refractivity contribution is 0.586. The Labute approximate surface area is 385 Å². The van der Waals surface area contributed by atoms with Gasteiger partial charge in [-0.2, -0.15) is 0 Å². The lowest BCUT2D eigenvalue weighted by Gasteiger charge is -2.30. The fraction of sp³-hybridized carbons (Fsp3) is 0.103. The van der Waals surface area contributed by atoms with Gasteiger partial charge in [-0.1, -0.05) is 171 Å². The van der Waals surface area contributed by atoms with Gasteiger partial charge in [0.05, 0.1) is 38.9 Å². The van der Waals surface area contributed by atoms with E-state index in [4.69, 9.17) is 0 Å². The molecule has 0 fully saturated rings. The van der Waals surface area contributed by atoms with Crippen LogP contribution in [0.25, 0.3) is 54.6 Å². The van der Waals surface area contributed by atoms with E-state index in [2.05, 4.69) is 87.8 Å². The first-order valence-electron chi connectivity index (χ1n) is 22.3. The first-order valence-corrected chi connectivity index (χ1v) is 29.3. The van der Waals surface area contributed by atoms with E-state index < -0.39 is 39.4 Å². The van der Waals surface area contributed by atoms with Crippen molar-refractivity contribution in [3.05, 3.63) is 205 Å². The van der Waals surface area contributed by atoms with E-state index in [0.29, 0.717) is 45.0 Å². The maximum Gasteiger partial charge on any atom is 0.150 e. The minimum atomic E-state index is -1.62. The highest BCUT2D eigenvalue weighted by Crippen LogP contribution is 2.49. The molecule has 0 saturated carbocycles. The number of halogens is 4. The van der Waals surface area contributed by atoms with Crippen molar-refractivity contribution in [1.82, 2.24) is 0 Å². The molecule has 0 N–H and O–H groups in total. The van der Waals surface area contributed by atoms with Gasteiger partial charge in [-0.15, -0.1) is 0 Å². The summed E-state index contributed by atoms with van der Waals surface area (Å²) in [7, 11) is -3.23. The fourth-order valence-corrected chi connectivity index (χ4v) is 11.6. The Balaban J connectivity index is 1.18. The number of hydrogen-bond acceptors (Lipinski definition) is 2. The topological polar surface area (TPSA) is 6.48 Å². The highest BCUT2D eigenvalue weighted by Gasteiger charge is 2.27. The smallest absolute Gasteiger partial charge is 0.150 e. The van der Waals surface area contributed by atoms with Crippen molar-refractivity contribution in [1.29, 1.82) is 0 Å². The normalized spacial score (nSPS) is 12.1. The van der Waals surface area contributed by atoms with Gasteiger partial charge in [0, 0.05) is 45.4 Å². The first kappa shape index (κ1) is 42.9. The molecule has 0 aliphatic carbocycles. The number of benzene rings is 10. The number of nitrogens with zero attached hydrogens (tertiary/aromatic N) is 2. The van der Waals surface area contributed by atoms with E-state index in [-0.39, 0.29) is 11.4 Å². The van der Waals surface area contributed by atoms with Crippen molar-refractivity contribution in [3.63, 3.8) is 0 Å². The zero-order valence-corrected chi connectivity index (χ0v) is 39.7. The molecule has 0 bridgehead atoms. The summed E-state index contributed by atoms with van der Waals surface area (Å²) in [6.07, 6.45) is 0. The van der Waals surface area contributed by atoms with Crippen LogP contribution in [0.2, 0.25) is 39.3 Å². The van der Waals surface area contributed by atoms with Gasteiger partial charge in [0.25, 0.3) is 0 Å². The molecule has 66 heavy (non-hydrogen) atoms. The zero-order valence-electron chi connectivity index (χ0n) is 37.7. The van der Waals surface area contributed by atoms with Gasteiger partial charge in [0.1, 0.15) is 23.3 Å². The Kier molecular flexibility index (Phi) is 10.7. The van der Waals surface area contributed by atoms with Crippen LogP contribution in [0.1, 0.15) is 0 Å². The van der Waals surface area contributed by atoms with Crippen molar-refractivity contribution >= 4 is 93.0 Å². The van der Waals surface area contributed by atoms with Crippen LogP contribution in [0.4, 0.5) is 51.7 Å². The highest BCUT2D eigenvalue weighted by atomic mass is 28.3. The summed E-state index contributed by atoms with van der Waals surface area (Å²) in [5.74, 6) is -2.67. The van der Waals surface area contributed by atoms with Crippen LogP contribution in [0.3, 0.4) is 0 Å². The van der Waals surface area contributed by atoms with Gasteiger partial charge in [0.2, 0.25) is 0 Å². The summed E-state index contributed by atoms with van der Waals surface area (Å²) >= 11 is 0. The third-order valence-electron chi connectivity index (χ3n) is 12.8. The Bertz CT molecular complexity index is 3190. The Morgan fingerprint density at radius 3 is 1.03 bits per heavy atom. The summed E-state index contributed by atoms with van der Waals surface area (Å²) in [6.45, 7) is 13.6. The second-order valence-corrected chi connectivity index (χ2v) is 29.3. The second-order valence-electron chi connectivity index (χ2n) is 19.2. The molecule has 0 spiro atoms. The lowest BCUT2D eigenvalue weighted by atomic mass is 9.91. The second kappa shape index (κ2) is 16.5. The van der Waals surface area contributed by atoms with Crippen molar-refractivity contribution in [2.75, 3.05) is 9.80 Å². The molecule has 10 rings (SSSR count). The maximum absolute atomic E-state index is 16.6. The van der Waals surface area contributed by atoms with E-state index in [0.717, 1.165) is 44.5 Å². The van der Waals surface area contributed by atoms with Crippen molar-refractivity contribution < 1.29 is 17.6 Å². The molecule has 0 heterocycles. The van der Waals surface area contributed by atoms with Gasteiger partial charge in [0.15, 0.2) is 0 Å². The fourth-order valence-electron chi connectivity index (χ4n) is 9.29. The maximum atomic E-state index is 16.6. The summed E-state index contributed by atoms with van der Waals surface area (Å²) < 4.78 is 65.0. The average molecular weight is 905 g/mol. The lowest BCUT2D eigenvalue weighted by Crippen LogP contribution is -2.37. The number of para-hydroxylation sites is 2. The van der Waals surface area contributed by atoms with E-state index >= 15 is 17.6 Å². The van der Waals surface area contributed by atoms with Crippen LogP contribution in [0, 0.1) is 23.3 Å². The number of hydrogen-bond donors (Lipinski definition) is 0. The third-order valence-corrected chi connectivity index (χ3v) is 16.9. The van der Waals surface area contributed by atoms with E-state index in [1.165, 1.54) is 10.4 Å². The third kappa shape index (κ3) is 7.63. The van der Waals surface area contributed by atoms with Crippen LogP contribution in [-0.4, -0.2) is 16.1 Å². The molecule has 0 aromatic heterocycles. The molecule has 10 aromatic carbocycles. The van der Waals surface area contributed by atoms with E-state index in [1.807, 2.05) is 119 Å². The Hall–Kier alpha value is -7.01. The zero-order chi connectivity index (χ0) is 46.1. The predicted molar refractivity (Wildman–Crippen MR) is 276 cm³/mol. The van der Waals surface area contributed by atoms with Crippen LogP contribution >= 0.6 is 0 Å². The Morgan fingerprint density at radius 2 is 0.682 bits per heavy atom. The molecule has 0 aliphatic rings. The SMILES string of the molecule is C[Si](C)(C)c1ccc(-c2cc(N(c3ccccc3)c3ccc4ccc5c(N(c6ccccc6)c6cc(-c7ccc([Si](C)(C)C)cc7)c(F)cc6F)ccc6ccc3c4c65)c(F)cc2F)cc1. The molecule has 0 amide bonds. The van der Waals surface area contributed by atoms with Crippen LogP contribution in [0.15, 0.2) is 182 Å². The molecule has 0 radical (unpaired) electrons. The van der Waals surface area contributed by atoms with Crippen molar-refractivity contribution in [2.24, 2.45) is 0 Å². The number of rotatable bonds is 10. The van der Waals surface area contributed by atoms with E-state index in [1.54, 1.807) is 12.1 Å². The Morgan fingerprint density at radius 1 is 0.333 bits per heavy atom. The minimum absolute atomic E-state index is 0.204. The molecule has 0 unspecified atom stereocenters. The molecule has 0 aliphatic heterocycles. The van der Waals surface area contributed by atoms with Crippen molar-refractivity contribution in [3.8, 4) is 22.3 Å². The van der Waals surface area contributed by atoms with Gasteiger partial charge in [-0.25, -0.2) is 17.6 Å². The summed E-state index contributed by atoms with van der Waals surface area (Å²) in [5, 5.41) is 7.99. The summed E-state index contributed by atoms with van der Waals surface area (Å²) in [4.78, 5) is 3.73. The summed E-state index contributed by atoms with van der Waals surface area (Å²) in [6, 6.07) is 56.5. The highest BCUT2D eigenvalue weighted by molar-refractivity contribution is 6.89. The molecule has 326 valence electrons. The van der Waals surface area contributed by atoms with Gasteiger partial charge in [-0.3, -0.25) is 0 Å². The summed E-state index contributed by atoms with van der Waals surface area (Å²) in [5.41, 5.74) is 5.15. The minimum Gasteiger partial charge on any atom is -0.307 e. The molecule has 0 atom stereocenters. The largest absolute Gasteiger partial charge is 0.307 e. The van der Waals surface area contributed by atoms with Gasteiger partial charge < -0.3 is 9.80 Å².